The summed E-state index contributed by atoms with van der Waals surface area (Å²) in [4.78, 5) is 14.2. The van der Waals surface area contributed by atoms with E-state index in [1.54, 1.807) is 0 Å². The van der Waals surface area contributed by atoms with Crippen molar-refractivity contribution < 1.29 is 4.79 Å². The summed E-state index contributed by atoms with van der Waals surface area (Å²) < 4.78 is 0. The molecule has 2 fully saturated rings. The summed E-state index contributed by atoms with van der Waals surface area (Å²) in [6, 6.07) is 0.507. The first-order chi connectivity index (χ1) is 7.15. The van der Waals surface area contributed by atoms with Gasteiger partial charge < -0.3 is 4.90 Å². The maximum Gasteiger partial charge on any atom is 0.241 e. The van der Waals surface area contributed by atoms with Crippen molar-refractivity contribution in [2.75, 3.05) is 0 Å². The first kappa shape index (κ1) is 10.9. The summed E-state index contributed by atoms with van der Waals surface area (Å²) in [5.41, 5.74) is 0. The van der Waals surface area contributed by atoms with E-state index in [2.05, 4.69) is 31.0 Å². The van der Waals surface area contributed by atoms with Crippen LogP contribution in [0, 0.1) is 5.92 Å². The minimum absolute atomic E-state index is 0.0752. The van der Waals surface area contributed by atoms with Gasteiger partial charge in [0.05, 0.1) is 12.2 Å². The molecule has 0 aromatic heterocycles. The van der Waals surface area contributed by atoms with E-state index >= 15 is 0 Å². The van der Waals surface area contributed by atoms with Crippen LogP contribution in [-0.2, 0) is 4.79 Å². The van der Waals surface area contributed by atoms with E-state index in [0.29, 0.717) is 11.9 Å². The van der Waals surface area contributed by atoms with Crippen LogP contribution in [0.3, 0.4) is 0 Å². The van der Waals surface area contributed by atoms with Gasteiger partial charge in [-0.3, -0.25) is 10.1 Å². The highest BCUT2D eigenvalue weighted by atomic mass is 16.2. The lowest BCUT2D eigenvalue weighted by Crippen LogP contribution is -2.42. The second-order valence-corrected chi connectivity index (χ2v) is 5.01. The van der Waals surface area contributed by atoms with E-state index < -0.39 is 0 Å². The fourth-order valence-corrected chi connectivity index (χ4v) is 2.67. The molecule has 0 aromatic rings. The Hall–Kier alpha value is -0.570. The van der Waals surface area contributed by atoms with E-state index in [0.717, 1.165) is 18.8 Å². The fraction of sp³-hybridized carbons (Fsp3) is 0.917. The highest BCUT2D eigenvalue weighted by molar-refractivity contribution is 5.84. The monoisotopic (exact) mass is 210 g/mol. The third-order valence-electron chi connectivity index (χ3n) is 3.73. The number of hydrogen-bond acceptors (Lipinski definition) is 2. The highest BCUT2D eigenvalue weighted by Crippen LogP contribution is 2.37. The van der Waals surface area contributed by atoms with Crippen LogP contribution < -0.4 is 5.32 Å². The van der Waals surface area contributed by atoms with E-state index in [9.17, 15) is 4.79 Å². The van der Waals surface area contributed by atoms with Crippen molar-refractivity contribution in [3.8, 4) is 0 Å². The minimum atomic E-state index is 0.0752. The third kappa shape index (κ3) is 2.03. The number of nitrogens with one attached hydrogen (secondary N) is 1. The Morgan fingerprint density at radius 2 is 2.20 bits per heavy atom. The molecule has 1 saturated carbocycles. The van der Waals surface area contributed by atoms with E-state index in [1.165, 1.54) is 12.8 Å². The molecule has 0 aromatic carbocycles. The molecule has 3 unspecified atom stereocenters. The summed E-state index contributed by atoms with van der Waals surface area (Å²) in [5.74, 6) is 1.09. The molecule has 3 nitrogen and oxygen atoms in total. The Morgan fingerprint density at radius 1 is 1.53 bits per heavy atom. The van der Waals surface area contributed by atoms with Crippen LogP contribution in [0.5, 0.6) is 0 Å². The molecular formula is C12H22N2O. The third-order valence-corrected chi connectivity index (χ3v) is 3.73. The number of hydrogen-bond donors (Lipinski definition) is 1. The molecule has 2 rings (SSSR count). The molecule has 1 N–H and O–H groups in total. The quantitative estimate of drug-likeness (QED) is 0.766. The molecule has 1 saturated heterocycles. The number of rotatable bonds is 4. The van der Waals surface area contributed by atoms with E-state index in [1.807, 2.05) is 0 Å². The molecule has 1 aliphatic carbocycles. The lowest BCUT2D eigenvalue weighted by Gasteiger charge is -2.28. The zero-order valence-corrected chi connectivity index (χ0v) is 9.99. The van der Waals surface area contributed by atoms with Crippen molar-refractivity contribution in [3.63, 3.8) is 0 Å². The fourth-order valence-electron chi connectivity index (χ4n) is 2.67. The Bertz CT molecular complexity index is 250. The van der Waals surface area contributed by atoms with Gasteiger partial charge in [-0.05, 0) is 39.0 Å². The second kappa shape index (κ2) is 4.12. The van der Waals surface area contributed by atoms with Gasteiger partial charge in [-0.25, -0.2) is 0 Å². The average molecular weight is 210 g/mol. The first-order valence-electron chi connectivity index (χ1n) is 6.23. The molecule has 2 aliphatic rings. The molecule has 0 radical (unpaired) electrons. The Kier molecular flexibility index (Phi) is 3.01. The van der Waals surface area contributed by atoms with E-state index in [-0.39, 0.29) is 12.2 Å². The molecule has 0 spiro atoms. The average Bonchev–Trinajstić information content (AvgIpc) is 2.96. The summed E-state index contributed by atoms with van der Waals surface area (Å²) in [5, 5.41) is 3.39. The summed E-state index contributed by atoms with van der Waals surface area (Å²) >= 11 is 0. The van der Waals surface area contributed by atoms with Crippen LogP contribution in [0.4, 0.5) is 0 Å². The predicted octanol–water partition coefficient (Wildman–Crippen LogP) is 1.73. The maximum atomic E-state index is 12.1. The molecule has 15 heavy (non-hydrogen) atoms. The van der Waals surface area contributed by atoms with Crippen LogP contribution in [-0.4, -0.2) is 29.1 Å². The molecule has 3 atom stereocenters. The van der Waals surface area contributed by atoms with Gasteiger partial charge in [-0.2, -0.15) is 0 Å². The standard InChI is InChI=1S/C12H22N2O/c1-4-5-11-12(15)14(9(3)13-11)8(2)10-6-7-10/h8-11,13H,4-7H2,1-3H3. The van der Waals surface area contributed by atoms with Crippen LogP contribution >= 0.6 is 0 Å². The van der Waals surface area contributed by atoms with Crippen molar-refractivity contribution in [2.45, 2.75) is 64.7 Å². The summed E-state index contributed by atoms with van der Waals surface area (Å²) in [6.07, 6.45) is 4.87. The Labute approximate surface area is 92.2 Å². The van der Waals surface area contributed by atoms with Crippen LogP contribution in [0.2, 0.25) is 0 Å². The molecule has 86 valence electrons. The zero-order valence-electron chi connectivity index (χ0n) is 9.99. The molecule has 1 heterocycles. The van der Waals surface area contributed by atoms with E-state index in [4.69, 9.17) is 0 Å². The van der Waals surface area contributed by atoms with Gasteiger partial charge >= 0.3 is 0 Å². The van der Waals surface area contributed by atoms with Gasteiger partial charge in [0.1, 0.15) is 0 Å². The van der Waals surface area contributed by atoms with Crippen molar-refractivity contribution in [3.05, 3.63) is 0 Å². The number of carbonyl (C=O) groups is 1. The van der Waals surface area contributed by atoms with Gasteiger partial charge in [0, 0.05) is 6.04 Å². The Balaban J connectivity index is 2.01. The van der Waals surface area contributed by atoms with Crippen LogP contribution in [0.1, 0.15) is 46.5 Å². The van der Waals surface area contributed by atoms with Crippen molar-refractivity contribution >= 4 is 5.91 Å². The van der Waals surface area contributed by atoms with Crippen molar-refractivity contribution in [1.82, 2.24) is 10.2 Å². The van der Waals surface area contributed by atoms with Crippen molar-refractivity contribution in [2.24, 2.45) is 5.92 Å². The highest BCUT2D eigenvalue weighted by Gasteiger charge is 2.43. The summed E-state index contributed by atoms with van der Waals surface area (Å²) in [7, 11) is 0. The Morgan fingerprint density at radius 3 is 2.73 bits per heavy atom. The zero-order chi connectivity index (χ0) is 11.0. The van der Waals surface area contributed by atoms with Gasteiger partial charge in [-0.15, -0.1) is 0 Å². The maximum absolute atomic E-state index is 12.1. The van der Waals surface area contributed by atoms with Gasteiger partial charge in [-0.1, -0.05) is 13.3 Å². The molecule has 1 amide bonds. The van der Waals surface area contributed by atoms with Gasteiger partial charge in [0.2, 0.25) is 5.91 Å². The molecule has 1 aliphatic heterocycles. The summed E-state index contributed by atoms with van der Waals surface area (Å²) in [6.45, 7) is 6.43. The lowest BCUT2D eigenvalue weighted by molar-refractivity contribution is -0.132. The second-order valence-electron chi connectivity index (χ2n) is 5.01. The van der Waals surface area contributed by atoms with Crippen LogP contribution in [0.25, 0.3) is 0 Å². The van der Waals surface area contributed by atoms with Gasteiger partial charge in [0.25, 0.3) is 0 Å². The normalized spacial score (nSPS) is 33.5. The predicted molar refractivity (Wildman–Crippen MR) is 60.3 cm³/mol. The topological polar surface area (TPSA) is 32.3 Å². The molecule has 0 bridgehead atoms. The van der Waals surface area contributed by atoms with Crippen LogP contribution in [0.15, 0.2) is 0 Å². The van der Waals surface area contributed by atoms with Gasteiger partial charge in [0.15, 0.2) is 0 Å². The SMILES string of the molecule is CCCC1NC(C)N(C(C)C2CC2)C1=O. The largest absolute Gasteiger partial charge is 0.323 e. The first-order valence-corrected chi connectivity index (χ1v) is 6.23. The number of nitrogens with zero attached hydrogens (tertiary/aromatic N) is 1. The smallest absolute Gasteiger partial charge is 0.241 e. The minimum Gasteiger partial charge on any atom is -0.323 e. The van der Waals surface area contributed by atoms with Crippen molar-refractivity contribution in [1.29, 1.82) is 0 Å². The lowest BCUT2D eigenvalue weighted by atomic mass is 10.1. The number of amides is 1. The molecular weight excluding hydrogens is 188 g/mol. The number of carbonyl (C=O) groups excluding carboxylic acids is 1. The molecule has 3 heteroatoms.